The van der Waals surface area contributed by atoms with Crippen LogP contribution in [0.3, 0.4) is 0 Å². The summed E-state index contributed by atoms with van der Waals surface area (Å²) in [6.07, 6.45) is 13.1. The van der Waals surface area contributed by atoms with Crippen molar-refractivity contribution in [2.75, 3.05) is 0 Å². The molecule has 0 heterocycles. The molecule has 98 valence electrons. The highest BCUT2D eigenvalue weighted by Crippen LogP contribution is 2.44. The number of allylic oxidation sites excluding steroid dienone is 1. The third-order valence-electron chi connectivity index (χ3n) is 4.90. The molecule has 0 amide bonds. The smallest absolute Gasteiger partial charge is 0.0453 e. The average Bonchev–Trinajstić information content (AvgIpc) is 2.33. The third-order valence-corrected chi connectivity index (χ3v) is 4.90. The van der Waals surface area contributed by atoms with E-state index in [9.17, 15) is 0 Å². The Labute approximate surface area is 106 Å². The summed E-state index contributed by atoms with van der Waals surface area (Å²) in [5.41, 5.74) is 5.15. The highest BCUT2D eigenvalue weighted by molar-refractivity contribution is 5.16. The molecule has 0 aromatic rings. The predicted molar refractivity (Wildman–Crippen MR) is 73.4 cm³/mol. The Balaban J connectivity index is 2.13. The Morgan fingerprint density at radius 2 is 2.12 bits per heavy atom. The summed E-state index contributed by atoms with van der Waals surface area (Å²) < 4.78 is 0. The predicted octanol–water partition coefficient (Wildman–Crippen LogP) is 3.54. The molecule has 2 unspecified atom stereocenters. The lowest BCUT2D eigenvalue weighted by Gasteiger charge is -2.44. The quantitative estimate of drug-likeness (QED) is 0.447. The molecule has 0 aromatic heterocycles. The zero-order valence-corrected chi connectivity index (χ0v) is 11.5. The van der Waals surface area contributed by atoms with Crippen molar-refractivity contribution in [1.29, 1.82) is 0 Å². The van der Waals surface area contributed by atoms with Gasteiger partial charge in [-0.2, -0.15) is 0 Å². The van der Waals surface area contributed by atoms with Gasteiger partial charge in [-0.05, 0) is 49.9 Å². The summed E-state index contributed by atoms with van der Waals surface area (Å²) in [5.74, 6) is 6.58. The van der Waals surface area contributed by atoms with Crippen LogP contribution in [0, 0.1) is 11.3 Å². The second kappa shape index (κ2) is 5.53. The molecule has 1 fully saturated rings. The Hall–Kier alpha value is -0.340. The summed E-state index contributed by atoms with van der Waals surface area (Å²) in [6.45, 7) is 4.84. The van der Waals surface area contributed by atoms with Gasteiger partial charge in [0.2, 0.25) is 0 Å². The van der Waals surface area contributed by atoms with Gasteiger partial charge < -0.3 is 0 Å². The fraction of sp³-hybridized carbons (Fsp3) is 0.867. The minimum Gasteiger partial charge on any atom is -0.271 e. The molecule has 17 heavy (non-hydrogen) atoms. The number of hydrogen-bond acceptors (Lipinski definition) is 2. The topological polar surface area (TPSA) is 38.0 Å². The second-order valence-corrected chi connectivity index (χ2v) is 6.51. The van der Waals surface area contributed by atoms with Gasteiger partial charge in [-0.15, -0.1) is 0 Å². The third kappa shape index (κ3) is 2.92. The van der Waals surface area contributed by atoms with Crippen LogP contribution in [0.5, 0.6) is 0 Å². The van der Waals surface area contributed by atoms with Gasteiger partial charge in [0.15, 0.2) is 0 Å². The van der Waals surface area contributed by atoms with Gasteiger partial charge in [-0.25, -0.2) is 0 Å². The number of nitrogens with one attached hydrogen (secondary N) is 1. The van der Waals surface area contributed by atoms with Gasteiger partial charge in [0.25, 0.3) is 0 Å². The number of hydrogen-bond donors (Lipinski definition) is 2. The minimum absolute atomic E-state index is 0.422. The van der Waals surface area contributed by atoms with E-state index in [1.165, 1.54) is 51.4 Å². The largest absolute Gasteiger partial charge is 0.271 e. The van der Waals surface area contributed by atoms with Crippen LogP contribution in [0.4, 0.5) is 0 Å². The van der Waals surface area contributed by atoms with E-state index in [1.807, 2.05) is 0 Å². The van der Waals surface area contributed by atoms with Crippen molar-refractivity contribution in [3.63, 3.8) is 0 Å². The minimum atomic E-state index is 0.422. The van der Waals surface area contributed by atoms with Crippen molar-refractivity contribution >= 4 is 0 Å². The second-order valence-electron chi connectivity index (χ2n) is 6.51. The monoisotopic (exact) mass is 236 g/mol. The first-order valence-corrected chi connectivity index (χ1v) is 7.30. The molecule has 0 spiro atoms. The van der Waals surface area contributed by atoms with Crippen LogP contribution in [0.2, 0.25) is 0 Å². The zero-order chi connectivity index (χ0) is 12.3. The fourth-order valence-electron chi connectivity index (χ4n) is 3.77. The Bertz CT molecular complexity index is 281. The van der Waals surface area contributed by atoms with Crippen LogP contribution in [0.1, 0.15) is 65.2 Å². The Morgan fingerprint density at radius 3 is 2.71 bits per heavy atom. The van der Waals surface area contributed by atoms with E-state index >= 15 is 0 Å². The summed E-state index contributed by atoms with van der Waals surface area (Å²) in [5, 5.41) is 0. The fourth-order valence-corrected chi connectivity index (χ4v) is 3.77. The molecule has 2 heteroatoms. The van der Waals surface area contributed by atoms with Gasteiger partial charge >= 0.3 is 0 Å². The van der Waals surface area contributed by atoms with Crippen molar-refractivity contribution in [2.45, 2.75) is 71.3 Å². The lowest BCUT2D eigenvalue weighted by Crippen LogP contribution is -2.48. The van der Waals surface area contributed by atoms with Crippen LogP contribution in [0.15, 0.2) is 11.6 Å². The van der Waals surface area contributed by atoms with Crippen molar-refractivity contribution in [3.8, 4) is 0 Å². The summed E-state index contributed by atoms with van der Waals surface area (Å²) in [6, 6.07) is 0.422. The molecule has 0 aliphatic heterocycles. The molecule has 2 aliphatic carbocycles. The molecule has 2 rings (SSSR count). The SMILES string of the molecule is CC1(C)CCCCC1C(NN)C1=CCCCC1. The summed E-state index contributed by atoms with van der Waals surface area (Å²) in [4.78, 5) is 0. The molecule has 0 saturated heterocycles. The van der Waals surface area contributed by atoms with E-state index in [0.717, 1.165) is 0 Å². The molecule has 2 nitrogen and oxygen atoms in total. The van der Waals surface area contributed by atoms with E-state index in [-0.39, 0.29) is 0 Å². The molecule has 2 aliphatic rings. The Kier molecular flexibility index (Phi) is 4.26. The lowest BCUT2D eigenvalue weighted by molar-refractivity contribution is 0.108. The zero-order valence-electron chi connectivity index (χ0n) is 11.5. The first-order chi connectivity index (χ1) is 8.15. The Morgan fingerprint density at radius 1 is 1.29 bits per heavy atom. The van der Waals surface area contributed by atoms with Gasteiger partial charge in [-0.1, -0.05) is 38.3 Å². The van der Waals surface area contributed by atoms with Crippen LogP contribution >= 0.6 is 0 Å². The number of hydrazine groups is 1. The first-order valence-electron chi connectivity index (χ1n) is 7.30. The molecule has 0 aromatic carbocycles. The maximum Gasteiger partial charge on any atom is 0.0453 e. The molecule has 0 radical (unpaired) electrons. The van der Waals surface area contributed by atoms with Crippen molar-refractivity contribution < 1.29 is 0 Å². The van der Waals surface area contributed by atoms with Crippen LogP contribution in [-0.4, -0.2) is 6.04 Å². The molecule has 1 saturated carbocycles. The van der Waals surface area contributed by atoms with Crippen LogP contribution in [0.25, 0.3) is 0 Å². The molecular formula is C15H28N2. The van der Waals surface area contributed by atoms with Gasteiger partial charge in [0, 0.05) is 6.04 Å². The maximum absolute atomic E-state index is 5.86. The van der Waals surface area contributed by atoms with Gasteiger partial charge in [-0.3, -0.25) is 11.3 Å². The standard InChI is InChI=1S/C15H28N2/c1-15(2)11-7-6-10-13(15)14(17-16)12-8-4-3-5-9-12/h8,13-14,17H,3-7,9-11,16H2,1-2H3. The molecular weight excluding hydrogens is 208 g/mol. The maximum atomic E-state index is 5.86. The number of rotatable bonds is 3. The van der Waals surface area contributed by atoms with Crippen molar-refractivity contribution in [3.05, 3.63) is 11.6 Å². The molecule has 3 N–H and O–H groups in total. The highest BCUT2D eigenvalue weighted by atomic mass is 15.2. The van der Waals surface area contributed by atoms with E-state index in [0.29, 0.717) is 17.4 Å². The highest BCUT2D eigenvalue weighted by Gasteiger charge is 2.38. The average molecular weight is 236 g/mol. The van der Waals surface area contributed by atoms with E-state index < -0.39 is 0 Å². The van der Waals surface area contributed by atoms with Crippen molar-refractivity contribution in [2.24, 2.45) is 17.2 Å². The van der Waals surface area contributed by atoms with Gasteiger partial charge in [0.1, 0.15) is 0 Å². The lowest BCUT2D eigenvalue weighted by atomic mass is 9.64. The summed E-state index contributed by atoms with van der Waals surface area (Å²) in [7, 11) is 0. The number of nitrogens with two attached hydrogens (primary N) is 1. The first kappa shape index (κ1) is 13.1. The normalized spacial score (nSPS) is 30.8. The van der Waals surface area contributed by atoms with Gasteiger partial charge in [0.05, 0.1) is 0 Å². The summed E-state index contributed by atoms with van der Waals surface area (Å²) >= 11 is 0. The molecule has 0 bridgehead atoms. The van der Waals surface area contributed by atoms with Crippen LogP contribution in [-0.2, 0) is 0 Å². The van der Waals surface area contributed by atoms with E-state index in [1.54, 1.807) is 5.57 Å². The van der Waals surface area contributed by atoms with E-state index in [4.69, 9.17) is 5.84 Å². The van der Waals surface area contributed by atoms with Crippen molar-refractivity contribution in [1.82, 2.24) is 5.43 Å². The van der Waals surface area contributed by atoms with E-state index in [2.05, 4.69) is 25.3 Å². The molecule has 2 atom stereocenters. The van der Waals surface area contributed by atoms with Crippen LogP contribution < -0.4 is 11.3 Å².